The molecule has 3 nitrogen and oxygen atoms in total. The van der Waals surface area contributed by atoms with Crippen LogP contribution < -0.4 is 5.32 Å². The Kier molecular flexibility index (Phi) is 3.33. The molecule has 2 aromatic rings. The highest BCUT2D eigenvalue weighted by atomic mass is 15.0. The first-order valence-electron chi connectivity index (χ1n) is 6.47. The summed E-state index contributed by atoms with van der Waals surface area (Å²) in [6, 6.07) is 11.1. The van der Waals surface area contributed by atoms with E-state index in [-0.39, 0.29) is 0 Å². The Morgan fingerprint density at radius 1 is 1.17 bits per heavy atom. The van der Waals surface area contributed by atoms with Gasteiger partial charge in [-0.1, -0.05) is 30.3 Å². The van der Waals surface area contributed by atoms with E-state index in [1.807, 2.05) is 6.20 Å². The zero-order chi connectivity index (χ0) is 12.2. The maximum absolute atomic E-state index is 4.30. The fourth-order valence-electron chi connectivity index (χ4n) is 2.28. The van der Waals surface area contributed by atoms with Crippen molar-refractivity contribution in [2.75, 3.05) is 0 Å². The number of nitrogens with one attached hydrogen (secondary N) is 1. The van der Waals surface area contributed by atoms with Crippen LogP contribution in [0.5, 0.6) is 0 Å². The maximum Gasteiger partial charge on any atom is 0.0724 e. The summed E-state index contributed by atoms with van der Waals surface area (Å²) in [5.74, 6) is 0.782. The predicted molar refractivity (Wildman–Crippen MR) is 70.8 cm³/mol. The molecule has 0 amide bonds. The molecule has 3 heteroatoms. The van der Waals surface area contributed by atoms with Crippen molar-refractivity contribution in [2.24, 2.45) is 5.92 Å². The molecule has 1 fully saturated rings. The normalized spacial score (nSPS) is 16.4. The number of hydrogen-bond donors (Lipinski definition) is 1. The molecule has 0 saturated heterocycles. The fourth-order valence-corrected chi connectivity index (χ4v) is 2.28. The summed E-state index contributed by atoms with van der Waals surface area (Å²) < 4.78 is 0. The summed E-state index contributed by atoms with van der Waals surface area (Å²) in [7, 11) is 0. The van der Waals surface area contributed by atoms with Crippen molar-refractivity contribution >= 4 is 0 Å². The lowest BCUT2D eigenvalue weighted by Gasteiger charge is -2.18. The van der Waals surface area contributed by atoms with Crippen molar-refractivity contribution in [3.05, 3.63) is 60.2 Å². The van der Waals surface area contributed by atoms with Gasteiger partial charge in [-0.15, -0.1) is 0 Å². The van der Waals surface area contributed by atoms with Gasteiger partial charge in [0.2, 0.25) is 0 Å². The van der Waals surface area contributed by atoms with Gasteiger partial charge >= 0.3 is 0 Å². The van der Waals surface area contributed by atoms with Gasteiger partial charge in [-0.2, -0.15) is 0 Å². The van der Waals surface area contributed by atoms with Crippen LogP contribution in [0, 0.1) is 5.92 Å². The third-order valence-electron chi connectivity index (χ3n) is 3.37. The molecule has 0 radical (unpaired) electrons. The van der Waals surface area contributed by atoms with Crippen molar-refractivity contribution in [3.63, 3.8) is 0 Å². The van der Waals surface area contributed by atoms with Gasteiger partial charge in [0.05, 0.1) is 5.69 Å². The molecule has 18 heavy (non-hydrogen) atoms. The highest BCUT2D eigenvalue weighted by Crippen LogP contribution is 2.40. The summed E-state index contributed by atoms with van der Waals surface area (Å²) >= 11 is 0. The zero-order valence-electron chi connectivity index (χ0n) is 10.3. The van der Waals surface area contributed by atoms with Gasteiger partial charge in [0.1, 0.15) is 0 Å². The van der Waals surface area contributed by atoms with Crippen LogP contribution in [-0.2, 0) is 6.54 Å². The van der Waals surface area contributed by atoms with Crippen molar-refractivity contribution in [1.29, 1.82) is 0 Å². The number of aromatic nitrogens is 2. The Balaban J connectivity index is 1.68. The largest absolute Gasteiger partial charge is 0.304 e. The molecule has 1 atom stereocenters. The zero-order valence-corrected chi connectivity index (χ0v) is 10.3. The summed E-state index contributed by atoms with van der Waals surface area (Å²) in [5, 5.41) is 3.61. The lowest BCUT2D eigenvalue weighted by Crippen LogP contribution is -2.23. The van der Waals surface area contributed by atoms with Crippen LogP contribution >= 0.6 is 0 Å². The molecular weight excluding hydrogens is 222 g/mol. The van der Waals surface area contributed by atoms with Crippen molar-refractivity contribution in [1.82, 2.24) is 15.3 Å². The molecular formula is C15H17N3. The highest BCUT2D eigenvalue weighted by molar-refractivity contribution is 5.21. The number of rotatable bonds is 5. The van der Waals surface area contributed by atoms with Gasteiger partial charge in [-0.05, 0) is 24.3 Å². The van der Waals surface area contributed by atoms with Gasteiger partial charge in [0.15, 0.2) is 0 Å². The second-order valence-corrected chi connectivity index (χ2v) is 4.80. The fraction of sp³-hybridized carbons (Fsp3) is 0.333. The molecule has 0 bridgehead atoms. The number of nitrogens with zero attached hydrogens (tertiary/aromatic N) is 2. The molecule has 1 unspecified atom stereocenters. The van der Waals surface area contributed by atoms with Crippen LogP contribution in [0.4, 0.5) is 0 Å². The first-order chi connectivity index (χ1) is 8.93. The van der Waals surface area contributed by atoms with Crippen LogP contribution in [0.25, 0.3) is 0 Å². The molecule has 1 saturated carbocycles. The van der Waals surface area contributed by atoms with Crippen molar-refractivity contribution in [2.45, 2.75) is 25.4 Å². The Hall–Kier alpha value is -1.74. The second-order valence-electron chi connectivity index (χ2n) is 4.80. The lowest BCUT2D eigenvalue weighted by molar-refractivity contribution is 0.476. The average molecular weight is 239 g/mol. The second kappa shape index (κ2) is 5.27. The van der Waals surface area contributed by atoms with Gasteiger partial charge in [0.25, 0.3) is 0 Å². The molecule has 1 aromatic carbocycles. The molecule has 1 N–H and O–H groups in total. The van der Waals surface area contributed by atoms with Crippen LogP contribution in [0.2, 0.25) is 0 Å². The van der Waals surface area contributed by atoms with E-state index in [1.165, 1.54) is 18.4 Å². The summed E-state index contributed by atoms with van der Waals surface area (Å²) in [5.41, 5.74) is 2.38. The summed E-state index contributed by atoms with van der Waals surface area (Å²) in [4.78, 5) is 8.39. The molecule has 92 valence electrons. The monoisotopic (exact) mass is 239 g/mol. The van der Waals surface area contributed by atoms with E-state index in [1.54, 1.807) is 12.4 Å². The van der Waals surface area contributed by atoms with E-state index in [4.69, 9.17) is 0 Å². The predicted octanol–water partition coefficient (Wildman–Crippen LogP) is 2.72. The van der Waals surface area contributed by atoms with E-state index in [0.717, 1.165) is 18.2 Å². The first kappa shape index (κ1) is 11.4. The summed E-state index contributed by atoms with van der Waals surface area (Å²) in [6.07, 6.45) is 7.92. The standard InChI is InChI=1S/C15H17N3/c1-2-4-12(5-3-1)15(13-6-7-13)18-11-14-10-16-8-9-17-14/h1-5,8-10,13,15,18H,6-7,11H2. The van der Waals surface area contributed by atoms with Crippen molar-refractivity contribution in [3.8, 4) is 0 Å². The van der Waals surface area contributed by atoms with Gasteiger partial charge in [-0.3, -0.25) is 9.97 Å². The van der Waals surface area contributed by atoms with Crippen LogP contribution in [0.15, 0.2) is 48.9 Å². The minimum absolute atomic E-state index is 0.452. The average Bonchev–Trinajstić information content (AvgIpc) is 3.26. The molecule has 1 aromatic heterocycles. The third-order valence-corrected chi connectivity index (χ3v) is 3.37. The van der Waals surface area contributed by atoms with Crippen LogP contribution in [0.1, 0.15) is 30.1 Å². The van der Waals surface area contributed by atoms with E-state index in [2.05, 4.69) is 45.6 Å². The van der Waals surface area contributed by atoms with Crippen LogP contribution in [0.3, 0.4) is 0 Å². The van der Waals surface area contributed by atoms with Gasteiger partial charge < -0.3 is 5.32 Å². The molecule has 0 spiro atoms. The number of benzene rings is 1. The quantitative estimate of drug-likeness (QED) is 0.871. The van der Waals surface area contributed by atoms with E-state index in [0.29, 0.717) is 6.04 Å². The van der Waals surface area contributed by atoms with Gasteiger partial charge in [-0.25, -0.2) is 0 Å². The van der Waals surface area contributed by atoms with E-state index >= 15 is 0 Å². The summed E-state index contributed by atoms with van der Waals surface area (Å²) in [6.45, 7) is 0.782. The Bertz CT molecular complexity index is 480. The third kappa shape index (κ3) is 2.74. The molecule has 0 aliphatic heterocycles. The minimum atomic E-state index is 0.452. The Morgan fingerprint density at radius 2 is 2.00 bits per heavy atom. The molecule has 1 heterocycles. The molecule has 1 aliphatic carbocycles. The topological polar surface area (TPSA) is 37.8 Å². The minimum Gasteiger partial charge on any atom is -0.304 e. The first-order valence-corrected chi connectivity index (χ1v) is 6.47. The highest BCUT2D eigenvalue weighted by Gasteiger charge is 2.31. The number of hydrogen-bond acceptors (Lipinski definition) is 3. The Morgan fingerprint density at radius 3 is 2.67 bits per heavy atom. The van der Waals surface area contributed by atoms with Crippen molar-refractivity contribution < 1.29 is 0 Å². The van der Waals surface area contributed by atoms with Gasteiger partial charge in [0, 0.05) is 31.2 Å². The van der Waals surface area contributed by atoms with E-state index in [9.17, 15) is 0 Å². The molecule has 3 rings (SSSR count). The van der Waals surface area contributed by atoms with E-state index < -0.39 is 0 Å². The lowest BCUT2D eigenvalue weighted by atomic mass is 10.0. The Labute approximate surface area is 107 Å². The molecule has 1 aliphatic rings. The maximum atomic E-state index is 4.30. The SMILES string of the molecule is c1ccc(C(NCc2cnccn2)C2CC2)cc1. The van der Waals surface area contributed by atoms with Crippen LogP contribution in [-0.4, -0.2) is 9.97 Å². The smallest absolute Gasteiger partial charge is 0.0724 e.